The second-order valence-corrected chi connectivity index (χ2v) is 17.4. The Morgan fingerprint density at radius 3 is 2.31 bits per heavy atom. The quantitative estimate of drug-likeness (QED) is 0.266. The number of likely N-dealkylation sites (tertiary alicyclic amines) is 3. The number of benzene rings is 2. The number of piperidine rings is 2. The number of aryl methyl sites for hydroxylation is 2. The molecule has 5 aliphatic rings. The monoisotopic (exact) mass is 856 g/mol. The van der Waals surface area contributed by atoms with Crippen LogP contribution in [0.4, 0.5) is 15.3 Å². The molecule has 1 atom stereocenters. The van der Waals surface area contributed by atoms with Gasteiger partial charge in [-0.15, -0.1) is 0 Å². The van der Waals surface area contributed by atoms with Crippen LogP contribution in [0.1, 0.15) is 61.6 Å². The maximum atomic E-state index is 14.4. The van der Waals surface area contributed by atoms with Crippen molar-refractivity contribution in [3.8, 4) is 0 Å². The summed E-state index contributed by atoms with van der Waals surface area (Å²) in [6.45, 7) is 9.83. The third kappa shape index (κ3) is 9.94. The van der Waals surface area contributed by atoms with Crippen LogP contribution in [-0.4, -0.2) is 167 Å². The predicted octanol–water partition coefficient (Wildman–Crippen LogP) is 3.21. The van der Waals surface area contributed by atoms with Crippen molar-refractivity contribution >= 4 is 46.7 Å². The number of aromatic nitrogens is 1. The molecule has 0 aliphatic carbocycles. The minimum atomic E-state index is -1.09. The van der Waals surface area contributed by atoms with E-state index >= 15 is 0 Å². The van der Waals surface area contributed by atoms with E-state index in [1.165, 1.54) is 4.57 Å². The molecular weight excluding hydrogens is 797 g/mol. The van der Waals surface area contributed by atoms with Crippen molar-refractivity contribution in [2.45, 2.75) is 82.9 Å². The summed E-state index contributed by atoms with van der Waals surface area (Å²) in [5, 5.41) is 3.05. The van der Waals surface area contributed by atoms with E-state index in [9.17, 15) is 28.8 Å². The molecule has 0 spiro atoms. The number of rotatable bonds is 12. The van der Waals surface area contributed by atoms with E-state index in [0.29, 0.717) is 88.6 Å². The van der Waals surface area contributed by atoms with Crippen LogP contribution < -0.4 is 11.1 Å². The Hall–Kier alpha value is -5.42. The van der Waals surface area contributed by atoms with Gasteiger partial charge in [0.25, 0.3) is 5.91 Å². The molecule has 5 aliphatic heterocycles. The minimum Gasteiger partial charge on any atom is -0.464 e. The molecule has 1 aromatic heterocycles. The molecule has 1 N–H and O–H groups in total. The van der Waals surface area contributed by atoms with Gasteiger partial charge in [0.2, 0.25) is 5.91 Å². The molecule has 4 saturated heterocycles. The number of nitrogens with zero attached hydrogens (tertiary/aromatic N) is 7. The number of nitrogens with one attached hydrogen (secondary N) is 1. The first-order valence-electron chi connectivity index (χ1n) is 22.4. The lowest BCUT2D eigenvalue weighted by atomic mass is 9.99. The highest BCUT2D eigenvalue weighted by Crippen LogP contribution is 2.27. The number of para-hydroxylation sites is 1. The first-order valence-corrected chi connectivity index (χ1v) is 22.4. The maximum Gasteiger partial charge on any atom is 0.419 e. The van der Waals surface area contributed by atoms with Crippen molar-refractivity contribution in [3.63, 3.8) is 0 Å². The number of carbonyl (C=O) groups excluding carboxylic acids is 5. The highest BCUT2D eigenvalue weighted by molar-refractivity contribution is 5.91. The summed E-state index contributed by atoms with van der Waals surface area (Å²) in [6.07, 6.45) is 3.76. The van der Waals surface area contributed by atoms with Crippen LogP contribution in [0.25, 0.3) is 11.1 Å². The van der Waals surface area contributed by atoms with Crippen molar-refractivity contribution in [3.05, 3.63) is 63.6 Å². The molecule has 0 bridgehead atoms. The molecule has 5 amide bonds. The summed E-state index contributed by atoms with van der Waals surface area (Å²) in [7, 11) is 1.66. The number of hydrogen-bond acceptors (Lipinski definition) is 11. The lowest BCUT2D eigenvalue weighted by Gasteiger charge is -2.43. The number of urea groups is 1. The predicted molar refractivity (Wildman–Crippen MR) is 230 cm³/mol. The van der Waals surface area contributed by atoms with Crippen LogP contribution in [0.2, 0.25) is 0 Å². The normalized spacial score (nSPS) is 20.3. The summed E-state index contributed by atoms with van der Waals surface area (Å²) in [5.41, 5.74) is 4.57. The summed E-state index contributed by atoms with van der Waals surface area (Å²) >= 11 is 0. The minimum absolute atomic E-state index is 0.0293. The van der Waals surface area contributed by atoms with E-state index in [-0.39, 0.29) is 42.9 Å². The molecule has 17 nitrogen and oxygen atoms in total. The van der Waals surface area contributed by atoms with Gasteiger partial charge in [-0.3, -0.25) is 23.9 Å². The molecule has 4 fully saturated rings. The molecule has 6 heterocycles. The van der Waals surface area contributed by atoms with Crippen molar-refractivity contribution < 1.29 is 37.9 Å². The Balaban J connectivity index is 0.839. The molecule has 334 valence electrons. The standard InChI is InChI=1S/C45H60N8O9/c1-31-28-32(29-37-41(31)47(2)44(58)61-37)30-38(62-45(59)52-19-12-35(13-20-52)53-21-9-33-6-3-4-7-36(33)46-43(53)57)42(56)51-17-10-34(11-18-51)49-24-22-48(23-25-49)16-14-40(55)60-27-26-50-15-5-8-39(50)54/h3-4,6-7,28-29,34-35,38H,5,8-27,30H2,1-2H3,(H,46,57)/t38-/m1/s1. The van der Waals surface area contributed by atoms with Gasteiger partial charge in [-0.2, -0.15) is 0 Å². The van der Waals surface area contributed by atoms with Crippen LogP contribution in [-0.2, 0) is 43.7 Å². The second kappa shape index (κ2) is 19.3. The fourth-order valence-corrected chi connectivity index (χ4v) is 9.93. The van der Waals surface area contributed by atoms with Gasteiger partial charge in [0.15, 0.2) is 11.7 Å². The second-order valence-electron chi connectivity index (χ2n) is 17.4. The lowest BCUT2D eigenvalue weighted by Crippen LogP contribution is -2.55. The fraction of sp³-hybridized carbons (Fsp3) is 0.600. The molecule has 62 heavy (non-hydrogen) atoms. The summed E-state index contributed by atoms with van der Waals surface area (Å²) in [6, 6.07) is 11.7. The van der Waals surface area contributed by atoms with Gasteiger partial charge in [0.1, 0.15) is 6.61 Å². The molecule has 2 aromatic carbocycles. The highest BCUT2D eigenvalue weighted by Gasteiger charge is 2.37. The van der Waals surface area contributed by atoms with Crippen LogP contribution in [0, 0.1) is 6.92 Å². The van der Waals surface area contributed by atoms with Gasteiger partial charge in [0.05, 0.1) is 18.5 Å². The Morgan fingerprint density at radius 1 is 0.839 bits per heavy atom. The van der Waals surface area contributed by atoms with Crippen molar-refractivity contribution in [2.75, 3.05) is 90.5 Å². The first-order chi connectivity index (χ1) is 30.0. The molecule has 3 aromatic rings. The van der Waals surface area contributed by atoms with E-state index < -0.39 is 18.0 Å². The number of anilines is 1. The van der Waals surface area contributed by atoms with Gasteiger partial charge < -0.3 is 43.7 Å². The van der Waals surface area contributed by atoms with Gasteiger partial charge >= 0.3 is 23.8 Å². The zero-order valence-electron chi connectivity index (χ0n) is 36.1. The molecule has 0 unspecified atom stereocenters. The van der Waals surface area contributed by atoms with E-state index in [2.05, 4.69) is 15.1 Å². The average molecular weight is 857 g/mol. The van der Waals surface area contributed by atoms with Crippen LogP contribution in [0.5, 0.6) is 0 Å². The molecular formula is C45H60N8O9. The van der Waals surface area contributed by atoms with E-state index in [1.807, 2.05) is 47.1 Å². The highest BCUT2D eigenvalue weighted by atomic mass is 16.6. The largest absolute Gasteiger partial charge is 0.464 e. The van der Waals surface area contributed by atoms with E-state index in [4.69, 9.17) is 13.9 Å². The van der Waals surface area contributed by atoms with E-state index in [0.717, 1.165) is 80.8 Å². The summed E-state index contributed by atoms with van der Waals surface area (Å²) < 4.78 is 18.5. The number of hydrogen-bond donors (Lipinski definition) is 1. The molecule has 8 rings (SSSR count). The van der Waals surface area contributed by atoms with Crippen molar-refractivity contribution in [2.24, 2.45) is 7.05 Å². The van der Waals surface area contributed by atoms with Crippen LogP contribution in [0.3, 0.4) is 0 Å². The fourth-order valence-electron chi connectivity index (χ4n) is 9.93. The molecule has 0 radical (unpaired) electrons. The zero-order valence-corrected chi connectivity index (χ0v) is 36.1. The molecule has 17 heteroatoms. The van der Waals surface area contributed by atoms with Gasteiger partial charge in [0, 0.05) is 110 Å². The zero-order chi connectivity index (χ0) is 43.3. The number of oxazole rings is 1. The van der Waals surface area contributed by atoms with Crippen LogP contribution >= 0.6 is 0 Å². The number of piperazine rings is 1. The number of carbonyl (C=O) groups is 5. The number of fused-ring (bicyclic) bond motifs is 2. The lowest BCUT2D eigenvalue weighted by molar-refractivity contribution is -0.146. The Kier molecular flexibility index (Phi) is 13.5. The maximum absolute atomic E-state index is 14.4. The number of amides is 5. The number of ether oxygens (including phenoxy) is 2. The third-order valence-corrected chi connectivity index (χ3v) is 13.5. The van der Waals surface area contributed by atoms with Crippen molar-refractivity contribution in [1.29, 1.82) is 0 Å². The SMILES string of the molecule is Cc1cc(C[C@@H](OC(=O)N2CCC(N3CCc4ccccc4NC3=O)CC2)C(=O)N2CCC(N3CCN(CCC(=O)OCCN4CCCC4=O)CC3)CC2)cc2oc(=O)n(C)c12. The summed E-state index contributed by atoms with van der Waals surface area (Å²) in [5.74, 6) is -0.831. The van der Waals surface area contributed by atoms with Crippen LogP contribution in [0.15, 0.2) is 45.6 Å². The Labute approximate surface area is 361 Å². The first kappa shape index (κ1) is 43.2. The Morgan fingerprint density at radius 2 is 1.56 bits per heavy atom. The summed E-state index contributed by atoms with van der Waals surface area (Å²) in [4.78, 5) is 89.8. The van der Waals surface area contributed by atoms with Gasteiger partial charge in [-0.05, 0) is 74.3 Å². The number of esters is 1. The van der Waals surface area contributed by atoms with E-state index in [1.54, 1.807) is 22.9 Å². The molecule has 0 saturated carbocycles. The third-order valence-electron chi connectivity index (χ3n) is 13.5. The topological polar surface area (TPSA) is 170 Å². The average Bonchev–Trinajstić information content (AvgIpc) is 3.76. The van der Waals surface area contributed by atoms with Gasteiger partial charge in [-0.25, -0.2) is 14.4 Å². The smallest absolute Gasteiger partial charge is 0.419 e. The van der Waals surface area contributed by atoms with Crippen molar-refractivity contribution in [1.82, 2.24) is 34.0 Å². The van der Waals surface area contributed by atoms with Gasteiger partial charge in [-0.1, -0.05) is 24.3 Å². The Bertz CT molecular complexity index is 2180.